The van der Waals surface area contributed by atoms with Crippen molar-refractivity contribution in [2.75, 3.05) is 0 Å². The van der Waals surface area contributed by atoms with Crippen LogP contribution in [0, 0.1) is 0 Å². The van der Waals surface area contributed by atoms with Crippen LogP contribution in [0.2, 0.25) is 0 Å². The van der Waals surface area contributed by atoms with Gasteiger partial charge in [0.15, 0.2) is 0 Å². The minimum absolute atomic E-state index is 0.216. The van der Waals surface area contributed by atoms with Crippen molar-refractivity contribution < 1.29 is 0 Å². The molecule has 126 heavy (non-hydrogen) atoms. The van der Waals surface area contributed by atoms with Crippen molar-refractivity contribution in [1.29, 1.82) is 0 Å². The largest absolute Gasteiger partial charge is 0.309 e. The van der Waals surface area contributed by atoms with Crippen molar-refractivity contribution in [3.05, 3.63) is 466 Å². The highest BCUT2D eigenvalue weighted by molar-refractivity contribution is 6.20. The topological polar surface area (TPSA) is 24.6 Å². The first-order valence-electron chi connectivity index (χ1n) is 43.9. The summed E-state index contributed by atoms with van der Waals surface area (Å²) in [6.07, 6.45) is 1.96. The second-order valence-electron chi connectivity index (χ2n) is 34.1. The van der Waals surface area contributed by atoms with Gasteiger partial charge in [0.05, 0.1) is 55.2 Å². The third-order valence-electron chi connectivity index (χ3n) is 27.3. The molecule has 1 aliphatic rings. The first-order valence-corrected chi connectivity index (χ1v) is 43.9. The average Bonchev–Trinajstić information content (AvgIpc) is 1.31. The molecular formula is C121H79N5. The predicted octanol–water partition coefficient (Wildman–Crippen LogP) is 32.1. The summed E-state index contributed by atoms with van der Waals surface area (Å²) in [4.78, 5) is 0. The Kier molecular flexibility index (Phi) is 16.2. The van der Waals surface area contributed by atoms with Crippen LogP contribution in [0.25, 0.3) is 226 Å². The molecule has 0 N–H and O–H groups in total. The van der Waals surface area contributed by atoms with Gasteiger partial charge in [-0.05, 0) is 247 Å². The van der Waals surface area contributed by atoms with Crippen LogP contribution in [-0.2, 0) is 6.42 Å². The molecule has 5 aromatic heterocycles. The molecule has 5 nitrogen and oxygen atoms in total. The molecule has 0 saturated carbocycles. The van der Waals surface area contributed by atoms with Crippen molar-refractivity contribution in [3.8, 4) is 106 Å². The Balaban J connectivity index is 0.635. The van der Waals surface area contributed by atoms with Crippen LogP contribution in [0.1, 0.15) is 29.0 Å². The first-order chi connectivity index (χ1) is 62.5. The number of nitrogens with zero attached hydrogens (tertiary/aromatic N) is 5. The number of hydrogen-bond donors (Lipinski definition) is 0. The molecule has 588 valence electrons. The van der Waals surface area contributed by atoms with Crippen molar-refractivity contribution in [3.63, 3.8) is 0 Å². The maximum atomic E-state index is 2.53. The number of para-hydroxylation sites is 8. The fraction of sp³-hybridized carbons (Fsp3) is 0.0248. The molecule has 0 bridgehead atoms. The monoisotopic (exact) mass is 1600 g/mol. The van der Waals surface area contributed by atoms with Gasteiger partial charge in [0, 0.05) is 105 Å². The molecule has 0 radical (unpaired) electrons. The molecular weight excluding hydrogens is 1520 g/mol. The highest BCUT2D eigenvalue weighted by Gasteiger charge is 2.29. The molecule has 1 aliphatic carbocycles. The lowest BCUT2D eigenvalue weighted by Gasteiger charge is -2.20. The van der Waals surface area contributed by atoms with Crippen LogP contribution in [0.15, 0.2) is 449 Å². The number of fused-ring (bicyclic) bond motifs is 19. The van der Waals surface area contributed by atoms with Gasteiger partial charge in [0.2, 0.25) is 0 Å². The van der Waals surface area contributed by atoms with E-state index in [1.165, 1.54) is 165 Å². The smallest absolute Gasteiger partial charge is 0.0619 e. The molecule has 1 atom stereocenters. The zero-order chi connectivity index (χ0) is 82.6. The van der Waals surface area contributed by atoms with E-state index in [1.54, 1.807) is 0 Å². The molecule has 1 unspecified atom stereocenters. The van der Waals surface area contributed by atoms with Crippen molar-refractivity contribution >= 4 is 120 Å². The maximum absolute atomic E-state index is 2.53. The number of benzene rings is 20. The lowest BCUT2D eigenvalue weighted by molar-refractivity contribution is 0.726. The summed E-state index contributed by atoms with van der Waals surface area (Å²) >= 11 is 0. The Morgan fingerprint density at radius 2 is 0.508 bits per heavy atom. The van der Waals surface area contributed by atoms with Gasteiger partial charge >= 0.3 is 0 Å². The number of hydrogen-bond acceptors (Lipinski definition) is 0. The summed E-state index contributed by atoms with van der Waals surface area (Å²) in [7, 11) is 0. The van der Waals surface area contributed by atoms with E-state index in [2.05, 4.69) is 472 Å². The maximum Gasteiger partial charge on any atom is 0.0619 e. The second-order valence-corrected chi connectivity index (χ2v) is 34.1. The van der Waals surface area contributed by atoms with Gasteiger partial charge in [0.1, 0.15) is 0 Å². The quantitative estimate of drug-likeness (QED) is 0.116. The van der Waals surface area contributed by atoms with E-state index < -0.39 is 0 Å². The molecule has 20 aromatic carbocycles. The Hall–Kier alpha value is -16.3. The normalized spacial score (nSPS) is 12.9. The van der Waals surface area contributed by atoms with Crippen LogP contribution in [0.5, 0.6) is 0 Å². The summed E-state index contributed by atoms with van der Waals surface area (Å²) in [5.41, 5.74) is 38.2. The SMILES string of the molecule is c1ccc(-c2ccc(-n3c4ccc(-c5ccc6c(c5)-c5cc(-c7cccc8c9ccccc9n(-c9ccccc9)c78)ccc5C(c5ccccc5)CC6)cc4c4cccc(-c5ccc6c(c5)c5cc(-c7ccc8c(c7)c7cccc(-c9ccc%10c(c9)c9ccccc9n%10-c9ccccc9)c7n8-c7ccc8ccccc8c7)ccc5n6-c5ccccc5)c43)cc2)cc1. The molecule has 26 rings (SSSR count). The van der Waals surface area contributed by atoms with Gasteiger partial charge < -0.3 is 22.8 Å². The minimum Gasteiger partial charge on any atom is -0.309 e. The Bertz CT molecular complexity index is 8740. The van der Waals surface area contributed by atoms with Crippen LogP contribution >= 0.6 is 0 Å². The first kappa shape index (κ1) is 71.4. The van der Waals surface area contributed by atoms with E-state index in [4.69, 9.17) is 0 Å². The Morgan fingerprint density at radius 1 is 0.175 bits per heavy atom. The van der Waals surface area contributed by atoms with Gasteiger partial charge in [0.25, 0.3) is 0 Å². The van der Waals surface area contributed by atoms with Crippen LogP contribution in [0.4, 0.5) is 0 Å². The van der Waals surface area contributed by atoms with Crippen LogP contribution in [0.3, 0.4) is 0 Å². The Morgan fingerprint density at radius 3 is 1.06 bits per heavy atom. The highest BCUT2D eigenvalue weighted by atomic mass is 15.0. The molecule has 0 spiro atoms. The van der Waals surface area contributed by atoms with Gasteiger partial charge in [-0.2, -0.15) is 0 Å². The third kappa shape index (κ3) is 11.3. The van der Waals surface area contributed by atoms with E-state index in [-0.39, 0.29) is 5.92 Å². The zero-order valence-corrected chi connectivity index (χ0v) is 69.0. The molecule has 5 heterocycles. The summed E-state index contributed by atoms with van der Waals surface area (Å²) in [5.74, 6) is 0.216. The van der Waals surface area contributed by atoms with Gasteiger partial charge in [-0.15, -0.1) is 0 Å². The average molecular weight is 1600 g/mol. The van der Waals surface area contributed by atoms with Gasteiger partial charge in [-0.25, -0.2) is 0 Å². The summed E-state index contributed by atoms with van der Waals surface area (Å²) < 4.78 is 12.4. The molecule has 25 aromatic rings. The van der Waals surface area contributed by atoms with Crippen molar-refractivity contribution in [1.82, 2.24) is 22.8 Å². The zero-order valence-electron chi connectivity index (χ0n) is 69.0. The number of aromatic nitrogens is 5. The second kappa shape index (κ2) is 28.7. The van der Waals surface area contributed by atoms with E-state index in [0.29, 0.717) is 0 Å². The highest BCUT2D eigenvalue weighted by Crippen LogP contribution is 2.50. The summed E-state index contributed by atoms with van der Waals surface area (Å²) in [6, 6.07) is 168. The van der Waals surface area contributed by atoms with E-state index in [9.17, 15) is 0 Å². The molecule has 0 fully saturated rings. The predicted molar refractivity (Wildman–Crippen MR) is 530 cm³/mol. The van der Waals surface area contributed by atoms with Crippen LogP contribution in [-0.4, -0.2) is 22.8 Å². The third-order valence-corrected chi connectivity index (χ3v) is 27.3. The van der Waals surface area contributed by atoms with E-state index in [0.717, 1.165) is 91.1 Å². The lowest BCUT2D eigenvalue weighted by Crippen LogP contribution is -2.02. The fourth-order valence-corrected chi connectivity index (χ4v) is 21.5. The minimum atomic E-state index is 0.216. The molecule has 0 saturated heterocycles. The number of rotatable bonds is 12. The molecule has 0 aliphatic heterocycles. The standard InChI is InChI=1S/C121H79N5/c1-6-25-77(26-7-1)79-49-59-93(60-50-79)125-117-65-55-84(83-48-47-81-52-62-95(80-28-8-2-9-29-80)99-63-53-87(74-106(99)105(81)70-83)96-39-22-42-102-100-37-18-21-46-113(100)124(119(96)102)92-35-14-5-15-36-92)71-108(117)103-43-23-40-97(120(103)125)89-58-68-116-111(76-89)110-73-86(54-64-115(110)123(116)91-33-12-4-13-34-91)85-56-66-118-109(72-85)104-44-24-41-98(121(104)126(118)94-61-51-78-27-16-17-30-82(78)69-94)88-57-67-114-107(75-88)101-38-19-20-45-112(101)122(114)90-31-10-3-11-32-90/h1-51,53-61,63-76,95H,52,62H2. The van der Waals surface area contributed by atoms with Gasteiger partial charge in [-0.1, -0.05) is 303 Å². The summed E-state index contributed by atoms with van der Waals surface area (Å²) in [5, 5.41) is 14.5. The Labute approximate surface area is 728 Å². The van der Waals surface area contributed by atoms with Crippen LogP contribution < -0.4 is 0 Å². The van der Waals surface area contributed by atoms with E-state index >= 15 is 0 Å². The number of aryl methyl sites for hydroxylation is 1. The fourth-order valence-electron chi connectivity index (χ4n) is 21.5. The summed E-state index contributed by atoms with van der Waals surface area (Å²) in [6.45, 7) is 0. The van der Waals surface area contributed by atoms with Crippen molar-refractivity contribution in [2.45, 2.75) is 18.8 Å². The molecule has 5 heteroatoms. The lowest BCUT2D eigenvalue weighted by atomic mass is 9.84. The van der Waals surface area contributed by atoms with Gasteiger partial charge in [-0.3, -0.25) is 0 Å². The van der Waals surface area contributed by atoms with Crippen molar-refractivity contribution in [2.24, 2.45) is 0 Å². The van der Waals surface area contributed by atoms with E-state index in [1.807, 2.05) is 0 Å². The molecule has 0 amide bonds.